The number of carbonyl (C=O) groups excluding carboxylic acids is 1. The average molecular weight is 303 g/mol. The van der Waals surface area contributed by atoms with Crippen LogP contribution in [0.1, 0.15) is 28.5 Å². The van der Waals surface area contributed by atoms with Gasteiger partial charge in [0.15, 0.2) is 5.78 Å². The molecule has 0 aliphatic heterocycles. The Morgan fingerprint density at radius 1 is 0.957 bits per heavy atom. The van der Waals surface area contributed by atoms with Gasteiger partial charge < -0.3 is 4.57 Å². The third kappa shape index (κ3) is 3.26. The maximum Gasteiger partial charge on any atom is 0.161 e. The van der Waals surface area contributed by atoms with Crippen molar-refractivity contribution in [2.24, 2.45) is 0 Å². The second kappa shape index (κ2) is 6.66. The Morgan fingerprint density at radius 3 is 2.17 bits per heavy atom. The quantitative estimate of drug-likeness (QED) is 0.614. The molecule has 0 bridgehead atoms. The van der Waals surface area contributed by atoms with E-state index in [2.05, 4.69) is 41.0 Å². The van der Waals surface area contributed by atoms with Crippen molar-refractivity contribution >= 4 is 5.78 Å². The molecule has 23 heavy (non-hydrogen) atoms. The van der Waals surface area contributed by atoms with E-state index < -0.39 is 0 Å². The molecule has 1 aromatic heterocycles. The van der Waals surface area contributed by atoms with E-state index in [1.807, 2.05) is 37.3 Å². The normalized spacial score (nSPS) is 10.7. The number of rotatable bonds is 5. The first-order valence-corrected chi connectivity index (χ1v) is 7.97. The number of hydrogen-bond acceptors (Lipinski definition) is 1. The standard InChI is InChI=1S/C21H21NO/c1-16-20(17(2)23)15-21(19-11-7-4-8-12-19)22(16)14-13-18-9-5-3-6-10-18/h3-12,15H,13-14H2,1-2H3. The average Bonchev–Trinajstić information content (AvgIpc) is 2.91. The van der Waals surface area contributed by atoms with Crippen LogP contribution in [0.5, 0.6) is 0 Å². The van der Waals surface area contributed by atoms with Crippen LogP contribution in [0.4, 0.5) is 0 Å². The molecule has 0 radical (unpaired) electrons. The highest BCUT2D eigenvalue weighted by Crippen LogP contribution is 2.26. The Bertz CT molecular complexity index is 801. The predicted octanol–water partition coefficient (Wildman–Crippen LogP) is 4.91. The van der Waals surface area contributed by atoms with Gasteiger partial charge in [-0.2, -0.15) is 0 Å². The van der Waals surface area contributed by atoms with Crippen molar-refractivity contribution in [2.45, 2.75) is 26.8 Å². The molecular weight excluding hydrogens is 282 g/mol. The van der Waals surface area contributed by atoms with Gasteiger partial charge in [0.2, 0.25) is 0 Å². The molecule has 3 aromatic rings. The van der Waals surface area contributed by atoms with Crippen molar-refractivity contribution in [2.75, 3.05) is 0 Å². The number of ketones is 1. The predicted molar refractivity (Wildman–Crippen MR) is 94.8 cm³/mol. The molecular formula is C21H21NO. The van der Waals surface area contributed by atoms with Crippen molar-refractivity contribution in [3.05, 3.63) is 83.6 Å². The molecule has 2 heteroatoms. The van der Waals surface area contributed by atoms with Crippen LogP contribution >= 0.6 is 0 Å². The summed E-state index contributed by atoms with van der Waals surface area (Å²) in [5.74, 6) is 0.123. The lowest BCUT2D eigenvalue weighted by molar-refractivity contribution is 0.101. The minimum atomic E-state index is 0.123. The monoisotopic (exact) mass is 303 g/mol. The van der Waals surface area contributed by atoms with Gasteiger partial charge in [-0.3, -0.25) is 4.79 Å². The van der Waals surface area contributed by atoms with Gasteiger partial charge in [0, 0.05) is 23.5 Å². The Labute approximate surface area is 137 Å². The maximum absolute atomic E-state index is 11.9. The fraction of sp³-hybridized carbons (Fsp3) is 0.190. The zero-order valence-corrected chi connectivity index (χ0v) is 13.6. The molecule has 0 unspecified atom stereocenters. The van der Waals surface area contributed by atoms with Crippen LogP contribution in [0.3, 0.4) is 0 Å². The van der Waals surface area contributed by atoms with E-state index in [1.165, 1.54) is 5.56 Å². The van der Waals surface area contributed by atoms with Crippen molar-refractivity contribution in [3.8, 4) is 11.3 Å². The number of aryl methyl sites for hydroxylation is 1. The molecule has 0 atom stereocenters. The van der Waals surface area contributed by atoms with Crippen molar-refractivity contribution in [1.82, 2.24) is 4.57 Å². The fourth-order valence-electron chi connectivity index (χ4n) is 3.02. The number of hydrogen-bond donors (Lipinski definition) is 0. The van der Waals surface area contributed by atoms with Crippen LogP contribution in [0.25, 0.3) is 11.3 Å². The van der Waals surface area contributed by atoms with Crippen molar-refractivity contribution in [3.63, 3.8) is 0 Å². The molecule has 0 spiro atoms. The molecule has 1 heterocycles. The topological polar surface area (TPSA) is 22.0 Å². The first-order valence-electron chi connectivity index (χ1n) is 7.97. The SMILES string of the molecule is CC(=O)c1cc(-c2ccccc2)n(CCc2ccccc2)c1C. The van der Waals surface area contributed by atoms with Gasteiger partial charge in [-0.15, -0.1) is 0 Å². The number of carbonyl (C=O) groups is 1. The summed E-state index contributed by atoms with van der Waals surface area (Å²) in [5.41, 5.74) is 5.44. The smallest absolute Gasteiger partial charge is 0.161 e. The molecule has 2 aromatic carbocycles. The van der Waals surface area contributed by atoms with Crippen molar-refractivity contribution in [1.29, 1.82) is 0 Å². The highest BCUT2D eigenvalue weighted by atomic mass is 16.1. The number of benzene rings is 2. The molecule has 0 saturated carbocycles. The third-order valence-corrected chi connectivity index (χ3v) is 4.28. The summed E-state index contributed by atoms with van der Waals surface area (Å²) < 4.78 is 2.26. The second-order valence-corrected chi connectivity index (χ2v) is 5.84. The van der Waals surface area contributed by atoms with E-state index in [9.17, 15) is 4.79 Å². The van der Waals surface area contributed by atoms with Crippen molar-refractivity contribution < 1.29 is 4.79 Å². The van der Waals surface area contributed by atoms with Crippen LogP contribution < -0.4 is 0 Å². The molecule has 0 saturated heterocycles. The van der Waals surface area contributed by atoms with Crippen LogP contribution in [0, 0.1) is 6.92 Å². The number of nitrogens with zero attached hydrogens (tertiary/aromatic N) is 1. The number of Topliss-reactive ketones (excluding diaryl/α,β-unsaturated/α-hetero) is 1. The first kappa shape index (κ1) is 15.3. The number of aromatic nitrogens is 1. The summed E-state index contributed by atoms with van der Waals surface area (Å²) in [7, 11) is 0. The highest BCUT2D eigenvalue weighted by Gasteiger charge is 2.15. The maximum atomic E-state index is 11.9. The van der Waals surface area contributed by atoms with Gasteiger partial charge in [-0.25, -0.2) is 0 Å². The molecule has 0 N–H and O–H groups in total. The Balaban J connectivity index is 1.98. The Morgan fingerprint density at radius 2 is 1.57 bits per heavy atom. The largest absolute Gasteiger partial charge is 0.344 e. The van der Waals surface area contributed by atoms with E-state index in [1.54, 1.807) is 6.92 Å². The minimum absolute atomic E-state index is 0.123. The summed E-state index contributed by atoms with van der Waals surface area (Å²) in [5, 5.41) is 0. The molecule has 0 fully saturated rings. The third-order valence-electron chi connectivity index (χ3n) is 4.28. The zero-order valence-electron chi connectivity index (χ0n) is 13.6. The summed E-state index contributed by atoms with van der Waals surface area (Å²) in [6.07, 6.45) is 0.952. The highest BCUT2D eigenvalue weighted by molar-refractivity contribution is 5.96. The van der Waals surface area contributed by atoms with Gasteiger partial charge >= 0.3 is 0 Å². The lowest BCUT2D eigenvalue weighted by Gasteiger charge is -2.12. The minimum Gasteiger partial charge on any atom is -0.344 e. The van der Waals surface area contributed by atoms with E-state index in [-0.39, 0.29) is 5.78 Å². The van der Waals surface area contributed by atoms with Crippen LogP contribution in [-0.2, 0) is 13.0 Å². The van der Waals surface area contributed by atoms with Crippen LogP contribution in [-0.4, -0.2) is 10.4 Å². The zero-order chi connectivity index (χ0) is 16.2. The van der Waals surface area contributed by atoms with E-state index >= 15 is 0 Å². The summed E-state index contributed by atoms with van der Waals surface area (Å²) in [6.45, 7) is 4.54. The molecule has 0 amide bonds. The molecule has 116 valence electrons. The van der Waals surface area contributed by atoms with E-state index in [0.29, 0.717) is 0 Å². The van der Waals surface area contributed by atoms with Crippen LogP contribution in [0.15, 0.2) is 66.7 Å². The van der Waals surface area contributed by atoms with E-state index in [0.717, 1.165) is 35.5 Å². The van der Waals surface area contributed by atoms with E-state index in [4.69, 9.17) is 0 Å². The van der Waals surface area contributed by atoms with Gasteiger partial charge in [-0.05, 0) is 37.5 Å². The van der Waals surface area contributed by atoms with Gasteiger partial charge in [0.1, 0.15) is 0 Å². The summed E-state index contributed by atoms with van der Waals surface area (Å²) in [4.78, 5) is 11.9. The first-order chi connectivity index (χ1) is 11.2. The van der Waals surface area contributed by atoms with Crippen LogP contribution in [0.2, 0.25) is 0 Å². The molecule has 3 rings (SSSR count). The molecule has 0 aliphatic carbocycles. The Hall–Kier alpha value is -2.61. The molecule has 0 aliphatic rings. The summed E-state index contributed by atoms with van der Waals surface area (Å²) >= 11 is 0. The lowest BCUT2D eigenvalue weighted by Crippen LogP contribution is -2.06. The molecule has 2 nitrogen and oxygen atoms in total. The second-order valence-electron chi connectivity index (χ2n) is 5.84. The fourth-order valence-corrected chi connectivity index (χ4v) is 3.02. The van der Waals surface area contributed by atoms with Gasteiger partial charge in [0.25, 0.3) is 0 Å². The lowest BCUT2D eigenvalue weighted by atomic mass is 10.1. The van der Waals surface area contributed by atoms with Gasteiger partial charge in [-0.1, -0.05) is 60.7 Å². The van der Waals surface area contributed by atoms with Gasteiger partial charge in [0.05, 0.1) is 0 Å². The summed E-state index contributed by atoms with van der Waals surface area (Å²) in [6, 6.07) is 22.8. The Kier molecular flexibility index (Phi) is 4.42.